The normalized spacial score (nSPS) is 18.0. The molecule has 7 heteroatoms. The van der Waals surface area contributed by atoms with Gasteiger partial charge < -0.3 is 4.90 Å². The fourth-order valence-electron chi connectivity index (χ4n) is 2.87. The monoisotopic (exact) mass is 359 g/mol. The van der Waals surface area contributed by atoms with E-state index in [1.807, 2.05) is 30.3 Å². The number of benzene rings is 1. The quantitative estimate of drug-likeness (QED) is 0.478. The third-order valence-electron chi connectivity index (χ3n) is 4.61. The van der Waals surface area contributed by atoms with Crippen LogP contribution >= 0.6 is 0 Å². The van der Waals surface area contributed by atoms with E-state index in [-0.39, 0.29) is 6.54 Å². The molecule has 0 aromatic heterocycles. The summed E-state index contributed by atoms with van der Waals surface area (Å²) in [5.74, 6) is -2.14. The molecule has 1 aliphatic rings. The van der Waals surface area contributed by atoms with E-state index in [9.17, 15) is 14.4 Å². The maximum atomic E-state index is 12.6. The molecule has 2 rings (SSSR count). The molecule has 1 aliphatic heterocycles. The minimum Gasteiger partial charge on any atom is -0.334 e. The van der Waals surface area contributed by atoms with Gasteiger partial charge >= 0.3 is 6.03 Å². The number of carbonyl (C=O) groups excluding carboxylic acids is 3. The Labute approximate surface area is 154 Å². The molecule has 1 aromatic carbocycles. The Balaban J connectivity index is 1.95. The first-order valence-corrected chi connectivity index (χ1v) is 9.10. The summed E-state index contributed by atoms with van der Waals surface area (Å²) in [6.45, 7) is 7.87. The Morgan fingerprint density at radius 2 is 1.85 bits per heavy atom. The highest BCUT2D eigenvalue weighted by Crippen LogP contribution is 2.11. The van der Waals surface area contributed by atoms with E-state index in [1.165, 1.54) is 11.1 Å². The lowest BCUT2D eigenvalue weighted by molar-refractivity contribution is -0.894. The zero-order chi connectivity index (χ0) is 18.9. The highest BCUT2D eigenvalue weighted by Gasteiger charge is 2.39. The van der Waals surface area contributed by atoms with Gasteiger partial charge in [-0.15, -0.1) is 0 Å². The number of barbiturate groups is 1. The summed E-state index contributed by atoms with van der Waals surface area (Å²) in [7, 11) is 0. The molecule has 0 radical (unpaired) electrons. The van der Waals surface area contributed by atoms with Crippen LogP contribution in [0.2, 0.25) is 0 Å². The number of hydrogen-bond donors (Lipinski definition) is 2. The highest BCUT2D eigenvalue weighted by molar-refractivity contribution is 6.23. The second-order valence-corrected chi connectivity index (χ2v) is 6.26. The first-order chi connectivity index (χ1) is 12.6. The van der Waals surface area contributed by atoms with Gasteiger partial charge in [0.15, 0.2) is 5.92 Å². The molecule has 26 heavy (non-hydrogen) atoms. The first-order valence-electron chi connectivity index (χ1n) is 9.10. The second-order valence-electron chi connectivity index (χ2n) is 6.26. The molecule has 0 saturated carbocycles. The van der Waals surface area contributed by atoms with E-state index in [2.05, 4.69) is 24.2 Å². The molecule has 4 amide bonds. The number of urea groups is 1. The molecule has 0 aliphatic carbocycles. The highest BCUT2D eigenvalue weighted by atomic mass is 16.2. The fraction of sp³-hybridized carbons (Fsp3) is 0.474. The number of amides is 4. The Hall–Kier alpha value is -2.54. The summed E-state index contributed by atoms with van der Waals surface area (Å²) >= 11 is 0. The number of nitrogens with one attached hydrogen (secondary N) is 2. The van der Waals surface area contributed by atoms with Gasteiger partial charge in [0.05, 0.1) is 26.2 Å². The Morgan fingerprint density at radius 3 is 2.50 bits per heavy atom. The molecule has 1 aromatic rings. The van der Waals surface area contributed by atoms with Crippen molar-refractivity contribution in [1.82, 2.24) is 10.2 Å². The van der Waals surface area contributed by atoms with Crippen LogP contribution in [0.4, 0.5) is 4.79 Å². The number of quaternary nitrogens is 1. The molecule has 1 unspecified atom stereocenters. The van der Waals surface area contributed by atoms with Gasteiger partial charge in [0.25, 0.3) is 0 Å². The van der Waals surface area contributed by atoms with Gasteiger partial charge in [-0.3, -0.25) is 24.8 Å². The number of likely N-dealkylation sites (N-methyl/N-ethyl adjacent to an activating group) is 1. The summed E-state index contributed by atoms with van der Waals surface area (Å²) in [4.78, 5) is 43.3. The Morgan fingerprint density at radius 1 is 1.15 bits per heavy atom. The number of hydrogen-bond acceptors (Lipinski definition) is 4. The zero-order valence-corrected chi connectivity index (χ0v) is 15.4. The first kappa shape index (κ1) is 19.8. The molecule has 2 N–H and O–H groups in total. The number of nitrogens with zero attached hydrogens (tertiary/aromatic N) is 2. The van der Waals surface area contributed by atoms with Gasteiger partial charge in [-0.05, 0) is 25.8 Å². The average Bonchev–Trinajstić information content (AvgIpc) is 2.64. The summed E-state index contributed by atoms with van der Waals surface area (Å²) < 4.78 is 0. The van der Waals surface area contributed by atoms with Crippen molar-refractivity contribution in [2.45, 2.75) is 20.3 Å². The lowest BCUT2D eigenvalue weighted by Gasteiger charge is -2.28. The third kappa shape index (κ3) is 5.23. The van der Waals surface area contributed by atoms with E-state index in [0.29, 0.717) is 13.0 Å². The predicted molar refractivity (Wildman–Crippen MR) is 99.2 cm³/mol. The van der Waals surface area contributed by atoms with E-state index < -0.39 is 23.8 Å². The molecule has 1 heterocycles. The van der Waals surface area contributed by atoms with Crippen molar-refractivity contribution >= 4 is 24.1 Å². The van der Waals surface area contributed by atoms with Crippen LogP contribution in [-0.4, -0.2) is 61.7 Å². The van der Waals surface area contributed by atoms with Crippen LogP contribution in [0, 0.1) is 5.92 Å². The van der Waals surface area contributed by atoms with Gasteiger partial charge in [0, 0.05) is 12.8 Å². The van der Waals surface area contributed by atoms with Crippen molar-refractivity contribution in [2.24, 2.45) is 10.9 Å². The Kier molecular flexibility index (Phi) is 7.47. The molecular weight excluding hydrogens is 332 g/mol. The average molecular weight is 359 g/mol. The molecule has 0 bridgehead atoms. The minimum atomic E-state index is -1.03. The van der Waals surface area contributed by atoms with Crippen molar-refractivity contribution < 1.29 is 19.3 Å². The largest absolute Gasteiger partial charge is 0.334 e. The van der Waals surface area contributed by atoms with Crippen LogP contribution in [0.25, 0.3) is 0 Å². The van der Waals surface area contributed by atoms with Crippen LogP contribution in [0.5, 0.6) is 0 Å². The minimum absolute atomic E-state index is 0.232. The maximum absolute atomic E-state index is 12.6. The molecule has 0 spiro atoms. The smallest absolute Gasteiger partial charge is 0.330 e. The molecule has 7 nitrogen and oxygen atoms in total. The zero-order valence-electron chi connectivity index (χ0n) is 15.4. The van der Waals surface area contributed by atoms with Gasteiger partial charge in [-0.2, -0.15) is 0 Å². The maximum Gasteiger partial charge on any atom is 0.330 e. The van der Waals surface area contributed by atoms with Crippen LogP contribution in [0.1, 0.15) is 19.4 Å². The summed E-state index contributed by atoms with van der Waals surface area (Å²) in [6.07, 6.45) is 1.92. The summed E-state index contributed by atoms with van der Waals surface area (Å²) in [5.41, 5.74) is 1.03. The number of carbonyl (C=O) groups is 3. The molecular formula is C19H27N4O3+. The molecule has 140 valence electrons. The number of imide groups is 2. The molecule has 1 atom stereocenters. The van der Waals surface area contributed by atoms with Crippen LogP contribution in [0.15, 0.2) is 35.3 Å². The second kappa shape index (κ2) is 9.82. The third-order valence-corrected chi connectivity index (χ3v) is 4.61. The van der Waals surface area contributed by atoms with Gasteiger partial charge in [-0.25, -0.2) is 4.79 Å². The predicted octanol–water partition coefficient (Wildman–Crippen LogP) is -0.0808. The van der Waals surface area contributed by atoms with E-state index >= 15 is 0 Å². The van der Waals surface area contributed by atoms with Crippen LogP contribution in [0.3, 0.4) is 0 Å². The van der Waals surface area contributed by atoms with Crippen molar-refractivity contribution in [3.63, 3.8) is 0 Å². The number of aliphatic imine (C=N–C) groups is 1. The standard InChI is InChI=1S/C19H26N4O3/c1-3-22(4-2)13-11-20-14-16-17(24)21-19(26)23(18(16)25)12-10-15-8-6-5-7-9-15/h5-9,14,16H,3-4,10-13H2,1-2H3,(H,21,24,26)/p+1. The van der Waals surface area contributed by atoms with Crippen molar-refractivity contribution in [3.8, 4) is 0 Å². The van der Waals surface area contributed by atoms with Crippen molar-refractivity contribution in [2.75, 3.05) is 32.7 Å². The molecule has 1 saturated heterocycles. The van der Waals surface area contributed by atoms with Crippen molar-refractivity contribution in [3.05, 3.63) is 35.9 Å². The summed E-state index contributed by atoms with van der Waals surface area (Å²) in [6, 6.07) is 8.94. The lowest BCUT2D eigenvalue weighted by atomic mass is 10.1. The van der Waals surface area contributed by atoms with Gasteiger partial charge in [0.1, 0.15) is 0 Å². The van der Waals surface area contributed by atoms with E-state index in [0.717, 1.165) is 30.1 Å². The van der Waals surface area contributed by atoms with E-state index in [4.69, 9.17) is 0 Å². The Bertz CT molecular complexity index is 656. The lowest BCUT2D eigenvalue weighted by Crippen LogP contribution is -3.11. The van der Waals surface area contributed by atoms with E-state index in [1.54, 1.807) is 0 Å². The van der Waals surface area contributed by atoms with Crippen LogP contribution < -0.4 is 10.2 Å². The number of rotatable bonds is 9. The fourth-order valence-corrected chi connectivity index (χ4v) is 2.87. The SMILES string of the molecule is CC[NH+](CC)CCN=CC1C(=O)NC(=O)N(CCc2ccccc2)C1=O. The summed E-state index contributed by atoms with van der Waals surface area (Å²) in [5, 5.41) is 2.25. The molecule has 1 fully saturated rings. The topological polar surface area (TPSA) is 83.3 Å². The van der Waals surface area contributed by atoms with Crippen LogP contribution in [-0.2, 0) is 16.0 Å². The van der Waals surface area contributed by atoms with Crippen molar-refractivity contribution in [1.29, 1.82) is 0 Å². The van der Waals surface area contributed by atoms with Gasteiger partial charge in [0.2, 0.25) is 11.8 Å². The van der Waals surface area contributed by atoms with Gasteiger partial charge in [-0.1, -0.05) is 30.3 Å².